The van der Waals surface area contributed by atoms with Crippen molar-refractivity contribution in [2.45, 2.75) is 25.3 Å². The van der Waals surface area contributed by atoms with Crippen molar-refractivity contribution in [2.75, 3.05) is 18.4 Å². The summed E-state index contributed by atoms with van der Waals surface area (Å²) < 4.78 is 0.476. The van der Waals surface area contributed by atoms with Gasteiger partial charge in [-0.15, -0.1) is 5.10 Å². The molecule has 2 aromatic rings. The molecule has 1 aromatic carbocycles. The average molecular weight is 377 g/mol. The molecule has 1 aliphatic heterocycles. The molecule has 132 valence electrons. The number of carbonyl (C=O) groups is 2. The van der Waals surface area contributed by atoms with E-state index in [-0.39, 0.29) is 5.91 Å². The topological polar surface area (TPSA) is 90.1 Å². The summed E-state index contributed by atoms with van der Waals surface area (Å²) in [5.74, 6) is -0.0498. The van der Waals surface area contributed by atoms with Crippen molar-refractivity contribution in [2.24, 2.45) is 0 Å². The van der Waals surface area contributed by atoms with E-state index in [2.05, 4.69) is 20.8 Å². The molecule has 2 heterocycles. The smallest absolute Gasteiger partial charge is 0.321 e. The number of nitrogens with one attached hydrogen (secondary N) is 3. The maximum Gasteiger partial charge on any atom is 0.321 e. The van der Waals surface area contributed by atoms with Gasteiger partial charge in [0.25, 0.3) is 0 Å². The van der Waals surface area contributed by atoms with Crippen LogP contribution in [0.15, 0.2) is 30.3 Å². The molecule has 1 aromatic heterocycles. The Bertz CT molecular complexity index is 783. The van der Waals surface area contributed by atoms with Crippen LogP contribution in [0.3, 0.4) is 0 Å². The van der Waals surface area contributed by atoms with Crippen LogP contribution in [0.25, 0.3) is 0 Å². The number of carbonyl (C=O) groups excluding carboxylic acids is 2. The molecule has 0 aliphatic carbocycles. The Balaban J connectivity index is 1.69. The highest BCUT2D eigenvalue weighted by Gasteiger charge is 2.28. The summed E-state index contributed by atoms with van der Waals surface area (Å²) in [4.78, 5) is 26.9. The molecule has 9 heteroatoms. The zero-order valence-electron chi connectivity index (χ0n) is 13.5. The highest BCUT2D eigenvalue weighted by atomic mass is 32.1. The lowest BCUT2D eigenvalue weighted by Crippen LogP contribution is -2.50. The molecule has 0 radical (unpaired) electrons. The number of rotatable bonds is 5. The molecule has 7 nitrogen and oxygen atoms in total. The fourth-order valence-electron chi connectivity index (χ4n) is 2.78. The third-order valence-electron chi connectivity index (χ3n) is 3.96. The third kappa shape index (κ3) is 4.86. The van der Waals surface area contributed by atoms with Crippen molar-refractivity contribution in [3.05, 3.63) is 39.8 Å². The zero-order chi connectivity index (χ0) is 17.6. The van der Waals surface area contributed by atoms with Gasteiger partial charge < -0.3 is 10.2 Å². The van der Waals surface area contributed by atoms with Crippen molar-refractivity contribution in [3.63, 3.8) is 0 Å². The predicted molar refractivity (Wildman–Crippen MR) is 99.2 cm³/mol. The molecule has 1 fully saturated rings. The normalized spacial score (nSPS) is 15.0. The largest absolute Gasteiger partial charge is 0.341 e. The molecule has 3 N–H and O–H groups in total. The van der Waals surface area contributed by atoms with Crippen LogP contribution in [0.1, 0.15) is 18.4 Å². The van der Waals surface area contributed by atoms with Gasteiger partial charge in [0, 0.05) is 19.5 Å². The van der Waals surface area contributed by atoms with Crippen LogP contribution in [0.2, 0.25) is 0 Å². The first-order chi connectivity index (χ1) is 12.1. The molecule has 1 atom stereocenters. The number of benzene rings is 1. The second-order valence-electron chi connectivity index (χ2n) is 5.79. The van der Waals surface area contributed by atoms with E-state index in [0.717, 1.165) is 42.8 Å². The minimum atomic E-state index is -0.618. The van der Waals surface area contributed by atoms with E-state index in [1.54, 1.807) is 0 Å². The molecule has 0 bridgehead atoms. The number of hydrogen-bond acceptors (Lipinski definition) is 5. The number of likely N-dealkylation sites (tertiary alicyclic amines) is 1. The van der Waals surface area contributed by atoms with Crippen LogP contribution in [-0.2, 0) is 11.2 Å². The number of anilines is 1. The van der Waals surface area contributed by atoms with Crippen LogP contribution in [0.4, 0.5) is 9.93 Å². The minimum absolute atomic E-state index is 0.0498. The molecule has 3 amide bonds. The van der Waals surface area contributed by atoms with Gasteiger partial charge >= 0.3 is 6.03 Å². The lowest BCUT2D eigenvalue weighted by Gasteiger charge is -2.24. The Hall–Kier alpha value is -2.26. The summed E-state index contributed by atoms with van der Waals surface area (Å²) in [5, 5.41) is 12.3. The summed E-state index contributed by atoms with van der Waals surface area (Å²) in [6, 6.07) is 8.57. The Kier molecular flexibility index (Phi) is 5.77. The molecule has 0 unspecified atom stereocenters. The maximum absolute atomic E-state index is 12.8. The summed E-state index contributed by atoms with van der Waals surface area (Å²) in [6.07, 6.45) is 2.46. The van der Waals surface area contributed by atoms with E-state index in [1.165, 1.54) is 0 Å². The van der Waals surface area contributed by atoms with E-state index in [4.69, 9.17) is 12.2 Å². The van der Waals surface area contributed by atoms with E-state index in [9.17, 15) is 9.59 Å². The van der Waals surface area contributed by atoms with E-state index < -0.39 is 12.1 Å². The summed E-state index contributed by atoms with van der Waals surface area (Å²) in [5.41, 5.74) is 0.996. The molecule has 1 aliphatic rings. The Morgan fingerprint density at radius 2 is 2.00 bits per heavy atom. The van der Waals surface area contributed by atoms with Gasteiger partial charge in [0.05, 0.1) is 0 Å². The first kappa shape index (κ1) is 17.6. The van der Waals surface area contributed by atoms with E-state index >= 15 is 0 Å². The quantitative estimate of drug-likeness (QED) is 0.699. The second kappa shape index (κ2) is 8.21. The van der Waals surface area contributed by atoms with Crippen LogP contribution < -0.4 is 10.6 Å². The van der Waals surface area contributed by atoms with Crippen molar-refractivity contribution in [1.82, 2.24) is 20.4 Å². The molecule has 3 rings (SSSR count). The fraction of sp³-hybridized carbons (Fsp3) is 0.375. The zero-order valence-corrected chi connectivity index (χ0v) is 15.2. The number of aromatic amines is 1. The number of aromatic nitrogens is 2. The van der Waals surface area contributed by atoms with Crippen LogP contribution in [0.5, 0.6) is 0 Å². The summed E-state index contributed by atoms with van der Waals surface area (Å²) >= 11 is 6.10. The van der Waals surface area contributed by atoms with E-state index in [1.807, 2.05) is 35.2 Å². The van der Waals surface area contributed by atoms with Crippen LogP contribution in [-0.4, -0.2) is 46.2 Å². The van der Waals surface area contributed by atoms with Gasteiger partial charge in [-0.25, -0.2) is 4.79 Å². The van der Waals surface area contributed by atoms with Crippen LogP contribution >= 0.6 is 23.6 Å². The molecule has 1 saturated heterocycles. The predicted octanol–water partition coefficient (Wildman–Crippen LogP) is 2.56. The van der Waals surface area contributed by atoms with Crippen molar-refractivity contribution in [3.8, 4) is 0 Å². The average Bonchev–Trinajstić information content (AvgIpc) is 3.26. The van der Waals surface area contributed by atoms with Crippen molar-refractivity contribution in [1.29, 1.82) is 0 Å². The number of nitrogens with zero attached hydrogens (tertiary/aromatic N) is 2. The summed E-state index contributed by atoms with van der Waals surface area (Å²) in [6.45, 7) is 1.49. The third-order valence-corrected chi connectivity index (χ3v) is 4.97. The number of H-pyrrole nitrogens is 1. The van der Waals surface area contributed by atoms with Crippen LogP contribution in [0, 0.1) is 3.95 Å². The van der Waals surface area contributed by atoms with Crippen molar-refractivity contribution < 1.29 is 9.59 Å². The molecular formula is C16H19N5O2S2. The Labute approximate surface area is 154 Å². The number of amides is 3. The summed E-state index contributed by atoms with van der Waals surface area (Å²) in [7, 11) is 0. The van der Waals surface area contributed by atoms with Gasteiger partial charge in [-0.2, -0.15) is 0 Å². The highest BCUT2D eigenvalue weighted by Crippen LogP contribution is 2.13. The molecule has 0 spiro atoms. The fourth-order valence-corrected chi connectivity index (χ4v) is 3.57. The minimum Gasteiger partial charge on any atom is -0.341 e. The molecular weight excluding hydrogens is 358 g/mol. The first-order valence-corrected chi connectivity index (χ1v) is 9.30. The van der Waals surface area contributed by atoms with Crippen molar-refractivity contribution >= 4 is 40.6 Å². The van der Waals surface area contributed by atoms with Gasteiger partial charge in [-0.05, 0) is 30.6 Å². The number of urea groups is 1. The first-order valence-electron chi connectivity index (χ1n) is 8.07. The second-order valence-corrected chi connectivity index (χ2v) is 7.46. The molecule has 25 heavy (non-hydrogen) atoms. The van der Waals surface area contributed by atoms with E-state index in [0.29, 0.717) is 15.5 Å². The van der Waals surface area contributed by atoms with Gasteiger partial charge in [-0.3, -0.25) is 15.2 Å². The van der Waals surface area contributed by atoms with Gasteiger partial charge in [0.15, 0.2) is 3.95 Å². The van der Waals surface area contributed by atoms with Gasteiger partial charge in [0.1, 0.15) is 6.04 Å². The Morgan fingerprint density at radius 1 is 1.28 bits per heavy atom. The van der Waals surface area contributed by atoms with Gasteiger partial charge in [-0.1, -0.05) is 41.7 Å². The van der Waals surface area contributed by atoms with Gasteiger partial charge in [0.2, 0.25) is 11.0 Å². The monoisotopic (exact) mass is 377 g/mol. The SMILES string of the molecule is O=C(Nc1n[nH]c(=S)s1)N[C@@H](Cc1ccccc1)C(=O)N1CCCC1. The lowest BCUT2D eigenvalue weighted by atomic mass is 10.0. The Morgan fingerprint density at radius 3 is 2.64 bits per heavy atom. The lowest BCUT2D eigenvalue weighted by molar-refractivity contribution is -0.132. The highest BCUT2D eigenvalue weighted by molar-refractivity contribution is 7.73. The number of hydrogen-bond donors (Lipinski definition) is 3. The maximum atomic E-state index is 12.8. The molecule has 0 saturated carbocycles. The standard InChI is InChI=1S/C16H19N5O2S2/c22-13(21-8-4-5-9-21)12(10-11-6-2-1-3-7-11)17-14(23)18-15-19-20-16(24)25-15/h1-3,6-7,12H,4-5,8-10H2,(H,20,24)(H2,17,18,19,23)/t12-/m0/s1.